The van der Waals surface area contributed by atoms with Gasteiger partial charge in [-0.15, -0.1) is 24.0 Å². The highest BCUT2D eigenvalue weighted by molar-refractivity contribution is 14.0. The van der Waals surface area contributed by atoms with E-state index in [1.165, 1.54) is 17.5 Å². The quantitative estimate of drug-likeness (QED) is 0.235. The van der Waals surface area contributed by atoms with Crippen LogP contribution in [-0.4, -0.2) is 57.7 Å². The summed E-state index contributed by atoms with van der Waals surface area (Å²) in [7, 11) is 5.71. The van der Waals surface area contributed by atoms with Crippen molar-refractivity contribution in [2.24, 2.45) is 4.99 Å². The Morgan fingerprint density at radius 2 is 1.88 bits per heavy atom. The summed E-state index contributed by atoms with van der Waals surface area (Å²) in [6.07, 6.45) is 3.28. The predicted octanol–water partition coefficient (Wildman–Crippen LogP) is 3.45. The van der Waals surface area contributed by atoms with Gasteiger partial charge in [0.05, 0.1) is 7.11 Å². The number of rotatable bonds is 10. The molecule has 6 heteroatoms. The normalized spacial score (nSPS) is 11.5. The number of unbranched alkanes of at least 4 members (excludes halogenated alkanes) is 1. The van der Waals surface area contributed by atoms with Crippen molar-refractivity contribution in [3.05, 3.63) is 29.3 Å². The van der Waals surface area contributed by atoms with E-state index in [-0.39, 0.29) is 24.0 Å². The molecule has 1 rings (SSSR count). The van der Waals surface area contributed by atoms with Crippen molar-refractivity contribution in [1.82, 2.24) is 15.5 Å². The van der Waals surface area contributed by atoms with Crippen LogP contribution in [0.2, 0.25) is 0 Å². The predicted molar refractivity (Wildman–Crippen MR) is 123 cm³/mol. The maximum Gasteiger partial charge on any atom is 0.190 e. The topological polar surface area (TPSA) is 48.9 Å². The molecule has 1 aromatic rings. The van der Waals surface area contributed by atoms with Crippen LogP contribution in [0.25, 0.3) is 0 Å². The van der Waals surface area contributed by atoms with E-state index in [4.69, 9.17) is 4.74 Å². The first kappa shape index (κ1) is 25.0. The van der Waals surface area contributed by atoms with Crippen LogP contribution in [0, 0.1) is 6.92 Å². The monoisotopic (exact) mass is 476 g/mol. The molecule has 0 spiro atoms. The number of hydrogen-bond acceptors (Lipinski definition) is 3. The summed E-state index contributed by atoms with van der Waals surface area (Å²) in [4.78, 5) is 6.67. The van der Waals surface area contributed by atoms with E-state index in [2.05, 4.69) is 66.5 Å². The lowest BCUT2D eigenvalue weighted by molar-refractivity contribution is 0.268. The highest BCUT2D eigenvalue weighted by atomic mass is 127. The fraction of sp³-hybridized carbons (Fsp3) is 0.650. The molecule has 0 saturated carbocycles. The first-order valence-corrected chi connectivity index (χ1v) is 9.26. The molecule has 0 saturated heterocycles. The number of hydrogen-bond donors (Lipinski definition) is 2. The van der Waals surface area contributed by atoms with Gasteiger partial charge in [-0.25, -0.2) is 0 Å². The number of aliphatic imine (C=N–C) groups is 1. The number of halogens is 1. The highest BCUT2D eigenvalue weighted by Gasteiger charge is 2.03. The van der Waals surface area contributed by atoms with Gasteiger partial charge in [0.25, 0.3) is 0 Å². The minimum Gasteiger partial charge on any atom is -0.496 e. The van der Waals surface area contributed by atoms with Crippen molar-refractivity contribution >= 4 is 29.9 Å². The van der Waals surface area contributed by atoms with Gasteiger partial charge in [0.2, 0.25) is 0 Å². The molecule has 0 aliphatic carbocycles. The molecule has 0 atom stereocenters. The summed E-state index contributed by atoms with van der Waals surface area (Å²) in [6.45, 7) is 9.46. The van der Waals surface area contributed by atoms with E-state index >= 15 is 0 Å². The molecule has 0 aromatic heterocycles. The largest absolute Gasteiger partial charge is 0.496 e. The van der Waals surface area contributed by atoms with E-state index in [0.717, 1.165) is 44.2 Å². The van der Waals surface area contributed by atoms with E-state index in [0.29, 0.717) is 6.04 Å². The van der Waals surface area contributed by atoms with Crippen molar-refractivity contribution < 1.29 is 4.74 Å². The Morgan fingerprint density at radius 1 is 1.19 bits per heavy atom. The Kier molecular flexibility index (Phi) is 13.5. The third-order valence-electron chi connectivity index (χ3n) is 4.51. The van der Waals surface area contributed by atoms with Gasteiger partial charge >= 0.3 is 0 Å². The summed E-state index contributed by atoms with van der Waals surface area (Å²) in [5.74, 6) is 1.82. The molecular formula is C20H37IN4O. The Bertz CT molecular complexity index is 535. The summed E-state index contributed by atoms with van der Waals surface area (Å²) >= 11 is 0. The van der Waals surface area contributed by atoms with Gasteiger partial charge in [-0.05, 0) is 70.8 Å². The molecule has 5 nitrogen and oxygen atoms in total. The number of nitrogens with one attached hydrogen (secondary N) is 2. The van der Waals surface area contributed by atoms with Crippen LogP contribution in [0.3, 0.4) is 0 Å². The first-order valence-electron chi connectivity index (χ1n) is 9.26. The van der Waals surface area contributed by atoms with Crippen LogP contribution >= 0.6 is 24.0 Å². The fourth-order valence-corrected chi connectivity index (χ4v) is 2.52. The van der Waals surface area contributed by atoms with Crippen LogP contribution in [0.1, 0.15) is 37.8 Å². The minimum absolute atomic E-state index is 0. The van der Waals surface area contributed by atoms with Crippen molar-refractivity contribution in [3.63, 3.8) is 0 Å². The summed E-state index contributed by atoms with van der Waals surface area (Å²) < 4.78 is 5.38. The van der Waals surface area contributed by atoms with Crippen molar-refractivity contribution in [2.75, 3.05) is 40.8 Å². The summed E-state index contributed by atoms with van der Waals surface area (Å²) in [6, 6.07) is 6.98. The van der Waals surface area contributed by atoms with Crippen LogP contribution in [-0.2, 0) is 6.42 Å². The van der Waals surface area contributed by atoms with Crippen LogP contribution in [0.5, 0.6) is 5.75 Å². The lowest BCUT2D eigenvalue weighted by atomic mass is 10.1. The zero-order chi connectivity index (χ0) is 18.7. The van der Waals surface area contributed by atoms with Crippen LogP contribution in [0.4, 0.5) is 0 Å². The van der Waals surface area contributed by atoms with E-state index in [9.17, 15) is 0 Å². The molecule has 0 radical (unpaired) electrons. The van der Waals surface area contributed by atoms with Crippen molar-refractivity contribution in [2.45, 2.75) is 46.1 Å². The average Bonchev–Trinajstić information content (AvgIpc) is 2.60. The number of methoxy groups -OCH3 is 1. The molecule has 1 aromatic carbocycles. The second-order valence-corrected chi connectivity index (χ2v) is 6.76. The van der Waals surface area contributed by atoms with Gasteiger partial charge in [-0.1, -0.05) is 12.1 Å². The molecular weight excluding hydrogens is 439 g/mol. The van der Waals surface area contributed by atoms with Gasteiger partial charge in [-0.2, -0.15) is 0 Å². The molecule has 0 heterocycles. The maximum atomic E-state index is 5.38. The second-order valence-electron chi connectivity index (χ2n) is 6.76. The third-order valence-corrected chi connectivity index (χ3v) is 4.51. The average molecular weight is 476 g/mol. The SMILES string of the molecule is CN=C(NCCCCN(C)C(C)C)NCCc1ccc(C)c(OC)c1.I. The van der Waals surface area contributed by atoms with E-state index in [1.54, 1.807) is 7.11 Å². The number of guanidine groups is 1. The lowest BCUT2D eigenvalue weighted by Gasteiger charge is -2.20. The lowest BCUT2D eigenvalue weighted by Crippen LogP contribution is -2.39. The molecule has 2 N–H and O–H groups in total. The second kappa shape index (κ2) is 14.1. The number of nitrogens with zero attached hydrogens (tertiary/aromatic N) is 2. The van der Waals surface area contributed by atoms with Gasteiger partial charge in [0.15, 0.2) is 5.96 Å². The summed E-state index contributed by atoms with van der Waals surface area (Å²) in [5, 5.41) is 6.76. The van der Waals surface area contributed by atoms with E-state index in [1.807, 2.05) is 7.05 Å². The maximum absolute atomic E-state index is 5.38. The Morgan fingerprint density at radius 3 is 2.50 bits per heavy atom. The smallest absolute Gasteiger partial charge is 0.190 e. The van der Waals surface area contributed by atoms with Crippen LogP contribution in [0.15, 0.2) is 23.2 Å². The van der Waals surface area contributed by atoms with Gasteiger partial charge in [0.1, 0.15) is 5.75 Å². The molecule has 0 bridgehead atoms. The third kappa shape index (κ3) is 9.62. The van der Waals surface area contributed by atoms with Crippen molar-refractivity contribution in [1.29, 1.82) is 0 Å². The molecule has 0 fully saturated rings. The minimum atomic E-state index is 0. The van der Waals surface area contributed by atoms with Gasteiger partial charge in [-0.3, -0.25) is 4.99 Å². The number of benzene rings is 1. The molecule has 0 aliphatic rings. The molecule has 0 aliphatic heterocycles. The first-order chi connectivity index (χ1) is 12.0. The Labute approximate surface area is 177 Å². The molecule has 26 heavy (non-hydrogen) atoms. The van der Waals surface area contributed by atoms with Crippen LogP contribution < -0.4 is 15.4 Å². The van der Waals surface area contributed by atoms with E-state index < -0.39 is 0 Å². The molecule has 0 unspecified atom stereocenters. The molecule has 0 amide bonds. The Balaban J connectivity index is 0.00000625. The highest BCUT2D eigenvalue weighted by Crippen LogP contribution is 2.18. The zero-order valence-corrected chi connectivity index (χ0v) is 19.6. The standard InChI is InChI=1S/C20H36N4O.HI/c1-16(2)24(5)14-8-7-12-22-20(21-4)23-13-11-18-10-9-17(3)19(15-18)25-6;/h9-10,15-16H,7-8,11-14H2,1-6H3,(H2,21,22,23);1H. The molecule has 150 valence electrons. The zero-order valence-electron chi connectivity index (χ0n) is 17.3. The number of ether oxygens (including phenoxy) is 1. The fourth-order valence-electron chi connectivity index (χ4n) is 2.52. The Hall–Kier alpha value is -1.02. The van der Waals surface area contributed by atoms with Gasteiger partial charge < -0.3 is 20.3 Å². The van der Waals surface area contributed by atoms with Crippen molar-refractivity contribution in [3.8, 4) is 5.75 Å². The summed E-state index contributed by atoms with van der Waals surface area (Å²) in [5.41, 5.74) is 2.43. The van der Waals surface area contributed by atoms with Gasteiger partial charge in [0, 0.05) is 26.2 Å². The number of aryl methyl sites for hydroxylation is 1.